The number of likely N-dealkylation sites (tertiary alicyclic amines) is 1. The summed E-state index contributed by atoms with van der Waals surface area (Å²) < 4.78 is 0. The van der Waals surface area contributed by atoms with Crippen LogP contribution in [0.3, 0.4) is 0 Å². The van der Waals surface area contributed by atoms with E-state index in [9.17, 15) is 0 Å². The van der Waals surface area contributed by atoms with Crippen molar-refractivity contribution < 1.29 is 0 Å². The van der Waals surface area contributed by atoms with Gasteiger partial charge >= 0.3 is 0 Å². The van der Waals surface area contributed by atoms with E-state index in [4.69, 9.17) is 0 Å². The SMILES string of the molecule is C=NC(CN1CC(C)C1)C1CC1C. The Hall–Kier alpha value is -0.370. The Balaban J connectivity index is 1.75. The van der Waals surface area contributed by atoms with Gasteiger partial charge in [-0.15, -0.1) is 0 Å². The van der Waals surface area contributed by atoms with Gasteiger partial charge in [-0.1, -0.05) is 13.8 Å². The van der Waals surface area contributed by atoms with E-state index in [2.05, 4.69) is 30.5 Å². The van der Waals surface area contributed by atoms with E-state index in [-0.39, 0.29) is 0 Å². The van der Waals surface area contributed by atoms with Crippen LogP contribution in [0.15, 0.2) is 4.99 Å². The quantitative estimate of drug-likeness (QED) is 0.601. The normalized spacial score (nSPS) is 36.8. The third-order valence-electron chi connectivity index (χ3n) is 3.49. The van der Waals surface area contributed by atoms with Crippen LogP contribution in [0.2, 0.25) is 0 Å². The molecule has 2 aliphatic rings. The third kappa shape index (κ3) is 1.93. The summed E-state index contributed by atoms with van der Waals surface area (Å²) in [6, 6.07) is 0.516. The van der Waals surface area contributed by atoms with Crippen molar-refractivity contribution in [1.82, 2.24) is 4.90 Å². The first-order valence-corrected chi connectivity index (χ1v) is 5.39. The monoisotopic (exact) mass is 180 g/mol. The summed E-state index contributed by atoms with van der Waals surface area (Å²) in [4.78, 5) is 6.76. The van der Waals surface area contributed by atoms with Crippen molar-refractivity contribution in [2.75, 3.05) is 19.6 Å². The van der Waals surface area contributed by atoms with Crippen LogP contribution in [-0.4, -0.2) is 37.3 Å². The largest absolute Gasteiger partial charge is 0.301 e. The molecule has 2 fully saturated rings. The fraction of sp³-hybridized carbons (Fsp3) is 0.909. The highest BCUT2D eigenvalue weighted by Crippen LogP contribution is 2.42. The Bertz CT molecular complexity index is 196. The van der Waals surface area contributed by atoms with Crippen molar-refractivity contribution in [2.45, 2.75) is 26.3 Å². The molecule has 74 valence electrons. The Morgan fingerprint density at radius 2 is 2.08 bits per heavy atom. The molecule has 0 amide bonds. The molecule has 1 aliphatic carbocycles. The van der Waals surface area contributed by atoms with Crippen LogP contribution >= 0.6 is 0 Å². The molecule has 2 nitrogen and oxygen atoms in total. The van der Waals surface area contributed by atoms with E-state index < -0.39 is 0 Å². The van der Waals surface area contributed by atoms with Gasteiger partial charge in [-0.25, -0.2) is 0 Å². The lowest BCUT2D eigenvalue weighted by Gasteiger charge is -2.38. The van der Waals surface area contributed by atoms with Crippen molar-refractivity contribution >= 4 is 6.72 Å². The fourth-order valence-corrected chi connectivity index (χ4v) is 2.46. The fourth-order valence-electron chi connectivity index (χ4n) is 2.46. The molecule has 3 atom stereocenters. The topological polar surface area (TPSA) is 15.6 Å². The molecular weight excluding hydrogens is 160 g/mol. The smallest absolute Gasteiger partial charge is 0.0650 e. The number of nitrogens with zero attached hydrogens (tertiary/aromatic N) is 2. The van der Waals surface area contributed by atoms with Gasteiger partial charge in [0.15, 0.2) is 0 Å². The van der Waals surface area contributed by atoms with Crippen LogP contribution < -0.4 is 0 Å². The molecule has 1 saturated carbocycles. The van der Waals surface area contributed by atoms with Crippen molar-refractivity contribution in [3.05, 3.63) is 0 Å². The predicted octanol–water partition coefficient (Wildman–Crippen LogP) is 1.66. The van der Waals surface area contributed by atoms with Gasteiger partial charge in [0.1, 0.15) is 0 Å². The average molecular weight is 180 g/mol. The van der Waals surface area contributed by atoms with E-state index in [0.717, 1.165) is 24.3 Å². The summed E-state index contributed by atoms with van der Waals surface area (Å²) in [6.45, 7) is 12.0. The molecular formula is C11H20N2. The van der Waals surface area contributed by atoms with Gasteiger partial charge in [-0.2, -0.15) is 0 Å². The second-order valence-corrected chi connectivity index (χ2v) is 4.95. The second-order valence-electron chi connectivity index (χ2n) is 4.95. The first-order valence-electron chi connectivity index (χ1n) is 5.39. The molecule has 2 heteroatoms. The van der Waals surface area contributed by atoms with Crippen LogP contribution in [-0.2, 0) is 0 Å². The van der Waals surface area contributed by atoms with Crippen LogP contribution in [0, 0.1) is 17.8 Å². The summed E-state index contributed by atoms with van der Waals surface area (Å²) in [6.07, 6.45) is 1.37. The first-order chi connectivity index (χ1) is 6.20. The Kier molecular flexibility index (Phi) is 2.41. The van der Waals surface area contributed by atoms with Crippen molar-refractivity contribution in [2.24, 2.45) is 22.7 Å². The standard InChI is InChI=1S/C11H20N2/c1-8-5-13(6-8)7-11(12-3)10-4-9(10)2/h8-11H,3-7H2,1-2H3. The molecule has 0 aromatic heterocycles. The molecule has 3 unspecified atom stereocenters. The Morgan fingerprint density at radius 1 is 1.46 bits per heavy atom. The highest BCUT2D eigenvalue weighted by molar-refractivity contribution is 5.25. The zero-order chi connectivity index (χ0) is 9.42. The summed E-state index contributed by atoms with van der Waals surface area (Å²) >= 11 is 0. The minimum Gasteiger partial charge on any atom is -0.301 e. The van der Waals surface area contributed by atoms with Crippen LogP contribution in [0.25, 0.3) is 0 Å². The maximum Gasteiger partial charge on any atom is 0.0650 e. The zero-order valence-electron chi connectivity index (χ0n) is 8.74. The third-order valence-corrected chi connectivity index (χ3v) is 3.49. The number of rotatable bonds is 4. The van der Waals surface area contributed by atoms with Crippen molar-refractivity contribution in [3.63, 3.8) is 0 Å². The van der Waals surface area contributed by atoms with Crippen LogP contribution in [0.5, 0.6) is 0 Å². The van der Waals surface area contributed by atoms with E-state index in [1.165, 1.54) is 19.5 Å². The molecule has 13 heavy (non-hydrogen) atoms. The lowest BCUT2D eigenvalue weighted by Crippen LogP contribution is -2.48. The van der Waals surface area contributed by atoms with Gasteiger partial charge in [0.2, 0.25) is 0 Å². The predicted molar refractivity (Wildman–Crippen MR) is 56.2 cm³/mol. The molecule has 0 N–H and O–H groups in total. The molecule has 0 aromatic rings. The Labute approximate surface area is 81.0 Å². The minimum absolute atomic E-state index is 0.516. The van der Waals surface area contributed by atoms with Gasteiger partial charge in [-0.3, -0.25) is 4.99 Å². The summed E-state index contributed by atoms with van der Waals surface area (Å²) in [5.74, 6) is 2.64. The lowest BCUT2D eigenvalue weighted by atomic mass is 10.0. The first kappa shape index (κ1) is 9.20. The number of hydrogen-bond donors (Lipinski definition) is 0. The lowest BCUT2D eigenvalue weighted by molar-refractivity contribution is 0.102. The average Bonchev–Trinajstić information content (AvgIpc) is 2.74. The van der Waals surface area contributed by atoms with Gasteiger partial charge in [0.05, 0.1) is 6.04 Å². The molecule has 1 saturated heterocycles. The molecule has 0 aromatic carbocycles. The highest BCUT2D eigenvalue weighted by atomic mass is 15.2. The molecule has 0 spiro atoms. The maximum absolute atomic E-state index is 4.26. The highest BCUT2D eigenvalue weighted by Gasteiger charge is 2.40. The molecule has 1 aliphatic heterocycles. The second kappa shape index (κ2) is 3.41. The van der Waals surface area contributed by atoms with Gasteiger partial charge < -0.3 is 4.90 Å². The molecule has 2 rings (SSSR count). The van der Waals surface area contributed by atoms with Gasteiger partial charge in [0, 0.05) is 19.6 Å². The zero-order valence-corrected chi connectivity index (χ0v) is 8.74. The van der Waals surface area contributed by atoms with E-state index in [0.29, 0.717) is 6.04 Å². The maximum atomic E-state index is 4.26. The van der Waals surface area contributed by atoms with Gasteiger partial charge in [0.25, 0.3) is 0 Å². The number of hydrogen-bond acceptors (Lipinski definition) is 2. The van der Waals surface area contributed by atoms with Crippen LogP contribution in [0.1, 0.15) is 20.3 Å². The van der Waals surface area contributed by atoms with Gasteiger partial charge in [-0.05, 0) is 30.9 Å². The summed E-state index contributed by atoms with van der Waals surface area (Å²) in [5, 5.41) is 0. The minimum atomic E-state index is 0.516. The molecule has 1 heterocycles. The van der Waals surface area contributed by atoms with E-state index in [1.807, 2.05) is 0 Å². The molecule has 0 bridgehead atoms. The summed E-state index contributed by atoms with van der Waals surface area (Å²) in [7, 11) is 0. The van der Waals surface area contributed by atoms with Crippen molar-refractivity contribution in [3.8, 4) is 0 Å². The number of aliphatic imine (C=N–C) groups is 1. The van der Waals surface area contributed by atoms with E-state index >= 15 is 0 Å². The summed E-state index contributed by atoms with van der Waals surface area (Å²) in [5.41, 5.74) is 0. The van der Waals surface area contributed by atoms with Crippen molar-refractivity contribution in [1.29, 1.82) is 0 Å². The Morgan fingerprint density at radius 3 is 2.46 bits per heavy atom. The van der Waals surface area contributed by atoms with E-state index in [1.54, 1.807) is 0 Å². The molecule has 0 radical (unpaired) electrons. The van der Waals surface area contributed by atoms with Crippen LogP contribution in [0.4, 0.5) is 0 Å².